The molecule has 2 aliphatic heterocycles. The van der Waals surface area contributed by atoms with E-state index in [9.17, 15) is 13.2 Å². The first-order chi connectivity index (χ1) is 12.3. The quantitative estimate of drug-likeness (QED) is 0.786. The summed E-state index contributed by atoms with van der Waals surface area (Å²) in [6.07, 6.45) is -0.226. The van der Waals surface area contributed by atoms with Gasteiger partial charge in [-0.2, -0.15) is 17.0 Å². The standard InChI is InChI=1S/C18H27N3O4S/c1-14-4-6-17(7-5-14)18(22)19-8-10-20(11-9-19)26(23,24)21-12-15(2)25-16(3)13-21/h4-7,15-16H,8-13H2,1-3H3. The summed E-state index contributed by atoms with van der Waals surface area (Å²) >= 11 is 0. The molecule has 2 saturated heterocycles. The Labute approximate surface area is 155 Å². The second-order valence-corrected chi connectivity index (χ2v) is 9.07. The predicted molar refractivity (Wildman–Crippen MR) is 99.2 cm³/mol. The lowest BCUT2D eigenvalue weighted by Crippen LogP contribution is -2.57. The Hall–Kier alpha value is -1.48. The van der Waals surface area contributed by atoms with Gasteiger partial charge >= 0.3 is 0 Å². The van der Waals surface area contributed by atoms with Crippen LogP contribution >= 0.6 is 0 Å². The van der Waals surface area contributed by atoms with Crippen molar-refractivity contribution in [2.45, 2.75) is 33.0 Å². The van der Waals surface area contributed by atoms with Crippen LogP contribution < -0.4 is 0 Å². The van der Waals surface area contributed by atoms with Gasteiger partial charge in [-0.25, -0.2) is 0 Å². The Bertz CT molecular complexity index is 732. The number of benzene rings is 1. The maximum absolute atomic E-state index is 12.9. The Morgan fingerprint density at radius 1 is 0.962 bits per heavy atom. The van der Waals surface area contributed by atoms with Crippen LogP contribution in [0.4, 0.5) is 0 Å². The monoisotopic (exact) mass is 381 g/mol. The van der Waals surface area contributed by atoms with Gasteiger partial charge in [0.15, 0.2) is 0 Å². The fourth-order valence-corrected chi connectivity index (χ4v) is 5.23. The topological polar surface area (TPSA) is 70.2 Å². The summed E-state index contributed by atoms with van der Waals surface area (Å²) in [7, 11) is -3.52. The van der Waals surface area contributed by atoms with Crippen molar-refractivity contribution in [3.05, 3.63) is 35.4 Å². The van der Waals surface area contributed by atoms with Gasteiger partial charge in [0.25, 0.3) is 16.1 Å². The Kier molecular flexibility index (Phi) is 5.67. The number of amides is 1. The fourth-order valence-electron chi connectivity index (χ4n) is 3.48. The molecule has 2 fully saturated rings. The van der Waals surface area contributed by atoms with Gasteiger partial charge in [0, 0.05) is 44.8 Å². The highest BCUT2D eigenvalue weighted by atomic mass is 32.2. The van der Waals surface area contributed by atoms with Gasteiger partial charge in [-0.3, -0.25) is 4.79 Å². The summed E-state index contributed by atoms with van der Waals surface area (Å²) in [6, 6.07) is 7.46. The summed E-state index contributed by atoms with van der Waals surface area (Å²) in [6.45, 7) is 7.94. The van der Waals surface area contributed by atoms with Crippen molar-refractivity contribution in [2.24, 2.45) is 0 Å². The van der Waals surface area contributed by atoms with E-state index >= 15 is 0 Å². The Morgan fingerprint density at radius 3 is 2.04 bits per heavy atom. The summed E-state index contributed by atoms with van der Waals surface area (Å²) in [5.41, 5.74) is 1.74. The number of hydrogen-bond acceptors (Lipinski definition) is 4. The summed E-state index contributed by atoms with van der Waals surface area (Å²) < 4.78 is 34.4. The molecule has 2 aliphatic rings. The molecule has 0 bridgehead atoms. The largest absolute Gasteiger partial charge is 0.373 e. The molecule has 0 N–H and O–H groups in total. The van der Waals surface area contributed by atoms with E-state index in [1.165, 1.54) is 8.61 Å². The second kappa shape index (κ2) is 7.64. The molecule has 1 aromatic rings. The number of rotatable bonds is 3. The minimum Gasteiger partial charge on any atom is -0.373 e. The Morgan fingerprint density at radius 2 is 1.50 bits per heavy atom. The summed E-state index contributed by atoms with van der Waals surface area (Å²) in [4.78, 5) is 14.3. The van der Waals surface area contributed by atoms with Crippen molar-refractivity contribution >= 4 is 16.1 Å². The number of carbonyl (C=O) groups excluding carboxylic acids is 1. The SMILES string of the molecule is Cc1ccc(C(=O)N2CCN(S(=O)(=O)N3CC(C)OC(C)C3)CC2)cc1. The molecule has 1 aromatic carbocycles. The second-order valence-electron chi connectivity index (χ2n) is 7.14. The van der Waals surface area contributed by atoms with E-state index in [4.69, 9.17) is 4.74 Å². The zero-order valence-electron chi connectivity index (χ0n) is 15.6. The third-order valence-electron chi connectivity index (χ3n) is 4.86. The number of hydrogen-bond donors (Lipinski definition) is 0. The van der Waals surface area contributed by atoms with Crippen LogP contribution in [0.25, 0.3) is 0 Å². The normalized spacial score (nSPS) is 26.0. The lowest BCUT2D eigenvalue weighted by Gasteiger charge is -2.40. The number of carbonyl (C=O) groups is 1. The maximum Gasteiger partial charge on any atom is 0.282 e. The molecular weight excluding hydrogens is 354 g/mol. The van der Waals surface area contributed by atoms with Gasteiger partial charge in [-0.05, 0) is 32.9 Å². The molecule has 144 valence electrons. The molecule has 8 heteroatoms. The molecule has 0 aromatic heterocycles. The highest BCUT2D eigenvalue weighted by molar-refractivity contribution is 7.86. The van der Waals surface area contributed by atoms with Crippen LogP contribution in [0.3, 0.4) is 0 Å². The van der Waals surface area contributed by atoms with Crippen LogP contribution in [0.2, 0.25) is 0 Å². The third kappa shape index (κ3) is 4.09. The number of morpholine rings is 1. The molecule has 0 radical (unpaired) electrons. The maximum atomic E-state index is 12.9. The molecule has 26 heavy (non-hydrogen) atoms. The number of nitrogens with zero attached hydrogens (tertiary/aromatic N) is 3. The first-order valence-electron chi connectivity index (χ1n) is 9.04. The molecular formula is C18H27N3O4S. The number of piperazine rings is 1. The van der Waals surface area contributed by atoms with Gasteiger partial charge in [-0.1, -0.05) is 17.7 Å². The number of aryl methyl sites for hydroxylation is 1. The molecule has 2 heterocycles. The summed E-state index contributed by atoms with van der Waals surface area (Å²) in [5.74, 6) is -0.0457. The number of ether oxygens (including phenoxy) is 1. The van der Waals surface area contributed by atoms with Crippen LogP contribution in [-0.2, 0) is 14.9 Å². The molecule has 2 unspecified atom stereocenters. The lowest BCUT2D eigenvalue weighted by molar-refractivity contribution is -0.0457. The minimum atomic E-state index is -3.52. The predicted octanol–water partition coefficient (Wildman–Crippen LogP) is 1.11. The van der Waals surface area contributed by atoms with Gasteiger partial charge in [-0.15, -0.1) is 0 Å². The van der Waals surface area contributed by atoms with E-state index in [-0.39, 0.29) is 18.1 Å². The average Bonchev–Trinajstić information content (AvgIpc) is 2.61. The van der Waals surface area contributed by atoms with Gasteiger partial charge < -0.3 is 9.64 Å². The van der Waals surface area contributed by atoms with Gasteiger partial charge in [0.1, 0.15) is 0 Å². The Balaban J connectivity index is 1.62. The van der Waals surface area contributed by atoms with E-state index < -0.39 is 10.2 Å². The van der Waals surface area contributed by atoms with E-state index in [1.807, 2.05) is 45.0 Å². The molecule has 2 atom stereocenters. The van der Waals surface area contributed by atoms with Crippen LogP contribution in [0, 0.1) is 6.92 Å². The van der Waals surface area contributed by atoms with E-state index in [0.717, 1.165) is 5.56 Å². The highest BCUT2D eigenvalue weighted by Gasteiger charge is 2.37. The average molecular weight is 381 g/mol. The van der Waals surface area contributed by atoms with Gasteiger partial charge in [0.2, 0.25) is 0 Å². The third-order valence-corrected chi connectivity index (χ3v) is 6.83. The van der Waals surface area contributed by atoms with Gasteiger partial charge in [0.05, 0.1) is 12.2 Å². The molecule has 1 amide bonds. The molecule has 0 saturated carbocycles. The molecule has 0 aliphatic carbocycles. The van der Waals surface area contributed by atoms with Crippen molar-refractivity contribution in [1.82, 2.24) is 13.5 Å². The van der Waals surface area contributed by atoms with Crippen molar-refractivity contribution in [2.75, 3.05) is 39.3 Å². The zero-order valence-corrected chi connectivity index (χ0v) is 16.4. The zero-order chi connectivity index (χ0) is 18.9. The van der Waals surface area contributed by atoms with Crippen LogP contribution in [0.15, 0.2) is 24.3 Å². The van der Waals surface area contributed by atoms with E-state index in [1.54, 1.807) is 4.90 Å². The van der Waals surface area contributed by atoms with Crippen LogP contribution in [0.1, 0.15) is 29.8 Å². The smallest absolute Gasteiger partial charge is 0.282 e. The summed E-state index contributed by atoms with van der Waals surface area (Å²) in [5, 5.41) is 0. The van der Waals surface area contributed by atoms with Crippen molar-refractivity contribution in [3.8, 4) is 0 Å². The molecule has 7 nitrogen and oxygen atoms in total. The fraction of sp³-hybridized carbons (Fsp3) is 0.611. The minimum absolute atomic E-state index is 0.0457. The highest BCUT2D eigenvalue weighted by Crippen LogP contribution is 2.19. The van der Waals surface area contributed by atoms with E-state index in [2.05, 4.69) is 0 Å². The van der Waals surface area contributed by atoms with Crippen molar-refractivity contribution in [1.29, 1.82) is 0 Å². The van der Waals surface area contributed by atoms with Crippen molar-refractivity contribution < 1.29 is 17.9 Å². The van der Waals surface area contributed by atoms with Crippen LogP contribution in [-0.4, -0.2) is 79.3 Å². The molecule has 0 spiro atoms. The lowest BCUT2D eigenvalue weighted by atomic mass is 10.1. The van der Waals surface area contributed by atoms with Crippen molar-refractivity contribution in [3.63, 3.8) is 0 Å². The van der Waals surface area contributed by atoms with Crippen LogP contribution in [0.5, 0.6) is 0 Å². The molecule has 3 rings (SSSR count). The van der Waals surface area contributed by atoms with E-state index in [0.29, 0.717) is 44.8 Å². The first kappa shape index (κ1) is 19.3. The first-order valence-corrected chi connectivity index (χ1v) is 10.4.